The zero-order chi connectivity index (χ0) is 7.33. The average molecular weight is 172 g/mol. The molecule has 0 aliphatic heterocycles. The van der Waals surface area contributed by atoms with Gasteiger partial charge in [-0.2, -0.15) is 0 Å². The maximum Gasteiger partial charge on any atom is 0.360 e. The fourth-order valence-corrected chi connectivity index (χ4v) is 1.85. The molecular weight excluding hydrogens is 160 g/mol. The molecule has 5 heteroatoms. The molecule has 56 valence electrons. The second-order valence-electron chi connectivity index (χ2n) is 1.41. The monoisotopic (exact) mass is 171 g/mol. The molecule has 0 aliphatic rings. The molecule has 0 spiro atoms. The van der Waals surface area contributed by atoms with E-state index in [4.69, 9.17) is 11.2 Å². The van der Waals surface area contributed by atoms with Crippen LogP contribution in [-0.2, 0) is 9.09 Å². The minimum Gasteiger partial charge on any atom is -0.307 e. The summed E-state index contributed by atoms with van der Waals surface area (Å²) >= 11 is 5.36. The molecule has 0 amide bonds. The van der Waals surface area contributed by atoms with Gasteiger partial charge in [0.05, 0.1) is 6.61 Å². The summed E-state index contributed by atoms with van der Waals surface area (Å²) in [5.74, 6) is 0. The van der Waals surface area contributed by atoms with E-state index >= 15 is 0 Å². The van der Waals surface area contributed by atoms with Gasteiger partial charge >= 0.3 is 6.87 Å². The van der Waals surface area contributed by atoms with Gasteiger partial charge in [-0.15, -0.1) is 0 Å². The number of nitrogens with one attached hydrogen (secondary N) is 1. The summed E-state index contributed by atoms with van der Waals surface area (Å²) in [7, 11) is 0. The van der Waals surface area contributed by atoms with Crippen LogP contribution in [0.3, 0.4) is 0 Å². The van der Waals surface area contributed by atoms with Gasteiger partial charge in [-0.25, -0.2) is 5.09 Å². The number of rotatable bonds is 4. The van der Waals surface area contributed by atoms with Crippen molar-refractivity contribution in [2.75, 3.05) is 13.2 Å². The van der Waals surface area contributed by atoms with Crippen molar-refractivity contribution < 1.29 is 9.09 Å². The lowest BCUT2D eigenvalue weighted by Crippen LogP contribution is -2.07. The van der Waals surface area contributed by atoms with Crippen molar-refractivity contribution in [1.82, 2.24) is 5.09 Å². The van der Waals surface area contributed by atoms with Gasteiger partial charge in [0.2, 0.25) is 0 Å². The molecule has 0 fully saturated rings. The summed E-state index contributed by atoms with van der Waals surface area (Å²) in [5, 5.41) is 2.52. The van der Waals surface area contributed by atoms with Crippen LogP contribution in [0.4, 0.5) is 0 Å². The summed E-state index contributed by atoms with van der Waals surface area (Å²) in [5.41, 5.74) is 0. The Hall–Kier alpha value is 0.440. The molecule has 1 atom stereocenters. The molecule has 0 saturated heterocycles. The van der Waals surface area contributed by atoms with Gasteiger partial charge < -0.3 is 4.52 Å². The third-order valence-electron chi connectivity index (χ3n) is 0.642. The number of hydrogen-bond donors (Lipinski definition) is 1. The fourth-order valence-electron chi connectivity index (χ4n) is 0.401. The van der Waals surface area contributed by atoms with Crippen molar-refractivity contribution in [3.05, 3.63) is 0 Å². The first kappa shape index (κ1) is 9.44. The van der Waals surface area contributed by atoms with E-state index in [0.717, 1.165) is 0 Å². The normalized spacial score (nSPS) is 17.2. The molecule has 0 aromatic rings. The number of hydrogen-bond acceptors (Lipinski definition) is 2. The van der Waals surface area contributed by atoms with Gasteiger partial charge in [0.15, 0.2) is 0 Å². The van der Waals surface area contributed by atoms with Crippen LogP contribution in [0.2, 0.25) is 0 Å². The topological polar surface area (TPSA) is 38.3 Å². The van der Waals surface area contributed by atoms with E-state index < -0.39 is 6.87 Å². The van der Waals surface area contributed by atoms with E-state index in [0.29, 0.717) is 13.2 Å². The quantitative estimate of drug-likeness (QED) is 0.658. The van der Waals surface area contributed by atoms with Gasteiger partial charge in [-0.05, 0) is 18.2 Å². The van der Waals surface area contributed by atoms with Crippen molar-refractivity contribution in [3.8, 4) is 0 Å². The Balaban J connectivity index is 3.58. The molecule has 0 heterocycles. The lowest BCUT2D eigenvalue weighted by atomic mass is 10.8. The molecule has 0 bridgehead atoms. The molecule has 0 aromatic heterocycles. The molecule has 0 saturated carbocycles. The second-order valence-corrected chi connectivity index (χ2v) is 4.28. The average Bonchev–Trinajstić information content (AvgIpc) is 1.64. The van der Waals surface area contributed by atoms with Crippen molar-refractivity contribution >= 4 is 18.1 Å². The Kier molecular flexibility index (Phi) is 4.50. The third-order valence-corrected chi connectivity index (χ3v) is 2.58. The first-order valence-corrected chi connectivity index (χ1v) is 5.34. The summed E-state index contributed by atoms with van der Waals surface area (Å²) < 4.78 is 15.5. The van der Waals surface area contributed by atoms with Gasteiger partial charge in [0, 0.05) is 6.54 Å². The summed E-state index contributed by atoms with van der Waals surface area (Å²) in [6, 6.07) is 0. The predicted molar refractivity (Wildman–Crippen MR) is 38.8 cm³/mol. The first-order chi connectivity index (χ1) is 4.12. The van der Waals surface area contributed by atoms with Crippen LogP contribution in [-0.4, -0.2) is 13.2 Å². The molecule has 9 heavy (non-hydrogen) atoms. The largest absolute Gasteiger partial charge is 0.360 e. The highest BCUT2D eigenvalue weighted by atomic mass is 35.7. The predicted octanol–water partition coefficient (Wildman–Crippen LogP) is 1.98. The van der Waals surface area contributed by atoms with Crippen molar-refractivity contribution in [2.24, 2.45) is 0 Å². The molecule has 0 aromatic carbocycles. The van der Waals surface area contributed by atoms with E-state index in [9.17, 15) is 4.57 Å². The van der Waals surface area contributed by atoms with E-state index in [2.05, 4.69) is 9.61 Å². The molecule has 1 unspecified atom stereocenters. The van der Waals surface area contributed by atoms with Crippen molar-refractivity contribution in [3.63, 3.8) is 0 Å². The van der Waals surface area contributed by atoms with Gasteiger partial charge in [0.25, 0.3) is 0 Å². The lowest BCUT2D eigenvalue weighted by molar-refractivity contribution is 0.338. The minimum absolute atomic E-state index is 0.369. The van der Waals surface area contributed by atoms with E-state index in [1.54, 1.807) is 6.92 Å². The van der Waals surface area contributed by atoms with E-state index in [1.165, 1.54) is 0 Å². The van der Waals surface area contributed by atoms with E-state index in [-0.39, 0.29) is 0 Å². The molecular formula is C4H11ClNO2P. The second kappa shape index (κ2) is 4.29. The SMILES string of the molecule is CCNP(=O)(Cl)OCC. The molecule has 0 rings (SSSR count). The maximum atomic E-state index is 10.8. The van der Waals surface area contributed by atoms with Crippen LogP contribution < -0.4 is 5.09 Å². The maximum absolute atomic E-state index is 10.8. The minimum atomic E-state index is -2.97. The molecule has 1 N–H and O–H groups in total. The standard InChI is InChI=1S/C4H11ClNO2P/c1-3-6-9(5,7)8-4-2/h3-4H2,1-2H3,(H,6,7). The van der Waals surface area contributed by atoms with Gasteiger partial charge in [-0.3, -0.25) is 4.57 Å². The first-order valence-electron chi connectivity index (χ1n) is 2.81. The van der Waals surface area contributed by atoms with E-state index in [1.807, 2.05) is 6.92 Å². The van der Waals surface area contributed by atoms with Crippen LogP contribution in [0.5, 0.6) is 0 Å². The Labute approximate surface area is 60.0 Å². The Bertz CT molecular complexity index is 109. The van der Waals surface area contributed by atoms with Gasteiger partial charge in [-0.1, -0.05) is 6.92 Å². The van der Waals surface area contributed by atoms with Crippen LogP contribution in [0.25, 0.3) is 0 Å². The third kappa shape index (κ3) is 4.91. The fraction of sp³-hybridized carbons (Fsp3) is 1.00. The smallest absolute Gasteiger partial charge is 0.307 e. The zero-order valence-corrected chi connectivity index (χ0v) is 7.21. The highest BCUT2D eigenvalue weighted by molar-refractivity contribution is 7.83. The highest BCUT2D eigenvalue weighted by Crippen LogP contribution is 2.47. The summed E-state index contributed by atoms with van der Waals surface area (Å²) in [6.07, 6.45) is 0. The lowest BCUT2D eigenvalue weighted by Gasteiger charge is -2.08. The molecule has 0 radical (unpaired) electrons. The zero-order valence-electron chi connectivity index (χ0n) is 5.56. The van der Waals surface area contributed by atoms with Gasteiger partial charge in [0.1, 0.15) is 0 Å². The molecule has 0 aliphatic carbocycles. The van der Waals surface area contributed by atoms with Crippen LogP contribution in [0.1, 0.15) is 13.8 Å². The van der Waals surface area contributed by atoms with Crippen LogP contribution in [0.15, 0.2) is 0 Å². The van der Waals surface area contributed by atoms with Crippen molar-refractivity contribution in [1.29, 1.82) is 0 Å². The summed E-state index contributed by atoms with van der Waals surface area (Å²) in [6.45, 7) is 1.51. The summed E-state index contributed by atoms with van der Waals surface area (Å²) in [4.78, 5) is 0. The van der Waals surface area contributed by atoms with Crippen LogP contribution in [0, 0.1) is 0 Å². The van der Waals surface area contributed by atoms with Crippen LogP contribution >= 0.6 is 18.1 Å². The number of halogens is 1. The Morgan fingerprint density at radius 3 is 2.56 bits per heavy atom. The van der Waals surface area contributed by atoms with Crippen molar-refractivity contribution in [2.45, 2.75) is 13.8 Å². The molecule has 3 nitrogen and oxygen atoms in total. The Morgan fingerprint density at radius 2 is 2.22 bits per heavy atom. The Morgan fingerprint density at radius 1 is 1.67 bits per heavy atom. The highest BCUT2D eigenvalue weighted by Gasteiger charge is 2.14.